The zero-order valence-electron chi connectivity index (χ0n) is 16.4. The van der Waals surface area contributed by atoms with Gasteiger partial charge in [-0.15, -0.1) is 0 Å². The van der Waals surface area contributed by atoms with Gasteiger partial charge in [-0.2, -0.15) is 0 Å². The first kappa shape index (κ1) is 19.0. The van der Waals surface area contributed by atoms with Gasteiger partial charge in [-0.05, 0) is 31.1 Å². The van der Waals surface area contributed by atoms with Crippen LogP contribution in [-0.2, 0) is 4.79 Å². The number of guanidine groups is 1. The Bertz CT molecular complexity index is 913. The Labute approximate surface area is 168 Å². The summed E-state index contributed by atoms with van der Waals surface area (Å²) >= 11 is 0. The molecule has 1 atom stereocenters. The Balaban J connectivity index is 1.57. The second-order valence-electron chi connectivity index (χ2n) is 7.58. The van der Waals surface area contributed by atoms with Gasteiger partial charge in [0.05, 0.1) is 5.56 Å². The zero-order valence-corrected chi connectivity index (χ0v) is 16.4. The number of rotatable bonds is 4. The monoisotopic (exact) mass is 396 g/mol. The Kier molecular flexibility index (Phi) is 4.96. The molecule has 29 heavy (non-hydrogen) atoms. The smallest absolute Gasteiger partial charge is 0.337 e. The summed E-state index contributed by atoms with van der Waals surface area (Å²) in [5.74, 6) is -0.0553. The summed E-state index contributed by atoms with van der Waals surface area (Å²) in [5.41, 5.74) is 1.74. The van der Waals surface area contributed by atoms with Crippen LogP contribution in [0.2, 0.25) is 0 Å². The highest BCUT2D eigenvalue weighted by atomic mass is 16.4. The van der Waals surface area contributed by atoms with Crippen LogP contribution in [0.3, 0.4) is 0 Å². The van der Waals surface area contributed by atoms with E-state index in [0.29, 0.717) is 17.5 Å². The third-order valence-corrected chi connectivity index (χ3v) is 5.37. The van der Waals surface area contributed by atoms with Gasteiger partial charge >= 0.3 is 5.97 Å². The van der Waals surface area contributed by atoms with E-state index < -0.39 is 5.97 Å². The number of fused-ring (bicyclic) bond motifs is 1. The molecule has 4 rings (SSSR count). The van der Waals surface area contributed by atoms with Crippen LogP contribution in [0, 0.1) is 0 Å². The minimum atomic E-state index is -1.02. The van der Waals surface area contributed by atoms with Crippen molar-refractivity contribution in [3.63, 3.8) is 0 Å². The van der Waals surface area contributed by atoms with Gasteiger partial charge in [0.15, 0.2) is 6.17 Å². The summed E-state index contributed by atoms with van der Waals surface area (Å²) in [7, 11) is 3.51. The molecule has 9 heteroatoms. The molecule has 3 N–H and O–H groups in total. The van der Waals surface area contributed by atoms with Crippen molar-refractivity contribution >= 4 is 23.7 Å². The van der Waals surface area contributed by atoms with Crippen molar-refractivity contribution in [1.29, 1.82) is 0 Å². The number of nitrogens with zero attached hydrogens (tertiary/aromatic N) is 4. The number of likely N-dealkylation sites (N-methyl/N-ethyl adjacent to an activating group) is 1. The summed E-state index contributed by atoms with van der Waals surface area (Å²) in [5, 5.41) is 15.2. The molecule has 1 unspecified atom stereocenters. The van der Waals surface area contributed by atoms with Gasteiger partial charge in [-0.25, -0.2) is 14.8 Å². The van der Waals surface area contributed by atoms with Crippen LogP contribution in [-0.4, -0.2) is 64.0 Å². The van der Waals surface area contributed by atoms with Crippen molar-refractivity contribution in [1.82, 2.24) is 20.1 Å². The highest BCUT2D eigenvalue weighted by Crippen LogP contribution is 2.37. The fourth-order valence-corrected chi connectivity index (χ4v) is 3.93. The van der Waals surface area contributed by atoms with Gasteiger partial charge in [-0.3, -0.25) is 4.79 Å². The molecule has 1 fully saturated rings. The fourth-order valence-electron chi connectivity index (χ4n) is 3.93. The normalized spacial score (nSPS) is 21.0. The molecule has 0 spiro atoms. The first-order valence-corrected chi connectivity index (χ1v) is 9.66. The molecular weight excluding hydrogens is 372 g/mol. The maximum Gasteiger partial charge on any atom is 0.337 e. The Morgan fingerprint density at radius 3 is 2.66 bits per heavy atom. The molecule has 2 aliphatic heterocycles. The number of carboxylic acids is 1. The molecule has 1 aromatic rings. The SMILES string of the molecule is CN(C)C(=O)C1=CC2=CNC(Nc3ccc(C(=O)O)cn3)=NC2N1C1CCCC1. The summed E-state index contributed by atoms with van der Waals surface area (Å²) in [4.78, 5) is 36.4. The number of amides is 1. The third-order valence-electron chi connectivity index (χ3n) is 5.37. The van der Waals surface area contributed by atoms with Crippen molar-refractivity contribution in [2.45, 2.75) is 37.9 Å². The zero-order chi connectivity index (χ0) is 20.5. The maximum absolute atomic E-state index is 12.8. The lowest BCUT2D eigenvalue weighted by atomic mass is 10.1. The molecule has 3 heterocycles. The van der Waals surface area contributed by atoms with E-state index >= 15 is 0 Å². The molecule has 0 aromatic carbocycles. The molecule has 9 nitrogen and oxygen atoms in total. The average Bonchev–Trinajstić information content (AvgIpc) is 3.34. The average molecular weight is 396 g/mol. The van der Waals surface area contributed by atoms with E-state index in [0.717, 1.165) is 31.3 Å². The van der Waals surface area contributed by atoms with Gasteiger partial charge in [0.25, 0.3) is 5.91 Å². The van der Waals surface area contributed by atoms with Gasteiger partial charge < -0.3 is 25.5 Å². The summed E-state index contributed by atoms with van der Waals surface area (Å²) in [6.45, 7) is 0. The quantitative estimate of drug-likeness (QED) is 0.709. The van der Waals surface area contributed by atoms with Crippen molar-refractivity contribution in [3.05, 3.63) is 47.4 Å². The Morgan fingerprint density at radius 2 is 2.03 bits per heavy atom. The van der Waals surface area contributed by atoms with E-state index in [1.54, 1.807) is 25.1 Å². The number of pyridine rings is 1. The number of hydrogen-bond acceptors (Lipinski definition) is 7. The largest absolute Gasteiger partial charge is 0.478 e. The van der Waals surface area contributed by atoms with E-state index in [-0.39, 0.29) is 23.7 Å². The molecule has 1 aromatic heterocycles. The highest BCUT2D eigenvalue weighted by Gasteiger charge is 2.40. The Hall–Kier alpha value is -3.36. The molecule has 1 aliphatic carbocycles. The standard InChI is InChI=1S/C20H24N6O3/c1-25(2)18(27)15-9-13-11-22-20(23-16-8-7-12(10-21-16)19(28)29)24-17(13)26(15)14-5-3-4-6-14/h7-11,14,17H,3-6H2,1-2H3,(H,28,29)(H2,21,22,23,24). The number of carbonyl (C=O) groups excluding carboxylic acids is 1. The number of nitrogens with one attached hydrogen (secondary N) is 2. The van der Waals surface area contributed by atoms with Gasteiger partial charge in [0.1, 0.15) is 11.5 Å². The molecule has 0 radical (unpaired) electrons. The molecule has 3 aliphatic rings. The third kappa shape index (κ3) is 3.67. The predicted octanol–water partition coefficient (Wildman–Crippen LogP) is 1.59. The number of carbonyl (C=O) groups is 2. The minimum absolute atomic E-state index is 0.0252. The number of anilines is 1. The Morgan fingerprint density at radius 1 is 1.28 bits per heavy atom. The molecule has 0 saturated heterocycles. The lowest BCUT2D eigenvalue weighted by molar-refractivity contribution is -0.126. The second-order valence-corrected chi connectivity index (χ2v) is 7.58. The van der Waals surface area contributed by atoms with Gasteiger partial charge in [0, 0.05) is 38.1 Å². The van der Waals surface area contributed by atoms with Crippen molar-refractivity contribution in [3.8, 4) is 0 Å². The van der Waals surface area contributed by atoms with E-state index in [1.807, 2.05) is 12.3 Å². The molecule has 152 valence electrons. The van der Waals surface area contributed by atoms with Crippen LogP contribution >= 0.6 is 0 Å². The summed E-state index contributed by atoms with van der Waals surface area (Å²) in [6.07, 6.45) is 9.20. The fraction of sp³-hybridized carbons (Fsp3) is 0.400. The van der Waals surface area contributed by atoms with E-state index in [9.17, 15) is 9.59 Å². The highest BCUT2D eigenvalue weighted by molar-refractivity contribution is 5.97. The number of hydrogen-bond donors (Lipinski definition) is 3. The molecule has 0 bridgehead atoms. The van der Waals surface area contributed by atoms with Crippen LogP contribution < -0.4 is 10.6 Å². The minimum Gasteiger partial charge on any atom is -0.478 e. The summed E-state index contributed by atoms with van der Waals surface area (Å²) < 4.78 is 0. The number of aromatic nitrogens is 1. The van der Waals surface area contributed by atoms with Crippen LogP contribution in [0.25, 0.3) is 0 Å². The van der Waals surface area contributed by atoms with E-state index in [2.05, 4.69) is 20.5 Å². The number of aliphatic imine (C=N–C) groups is 1. The van der Waals surface area contributed by atoms with Crippen LogP contribution in [0.4, 0.5) is 5.82 Å². The molecule has 1 saturated carbocycles. The van der Waals surface area contributed by atoms with Crippen molar-refractivity contribution in [2.75, 3.05) is 19.4 Å². The molecular formula is C20H24N6O3. The van der Waals surface area contributed by atoms with Crippen molar-refractivity contribution < 1.29 is 14.7 Å². The number of carboxylic acid groups (broad SMARTS) is 1. The topological polar surface area (TPSA) is 110 Å². The lowest BCUT2D eigenvalue weighted by Crippen LogP contribution is -2.45. The molecule has 1 amide bonds. The van der Waals surface area contributed by atoms with E-state index in [4.69, 9.17) is 10.1 Å². The lowest BCUT2D eigenvalue weighted by Gasteiger charge is -2.35. The van der Waals surface area contributed by atoms with Gasteiger partial charge in [-0.1, -0.05) is 12.8 Å². The summed E-state index contributed by atoms with van der Waals surface area (Å²) in [6, 6.07) is 3.37. The number of aromatic carboxylic acids is 1. The predicted molar refractivity (Wildman–Crippen MR) is 108 cm³/mol. The maximum atomic E-state index is 12.8. The van der Waals surface area contributed by atoms with Crippen LogP contribution in [0.15, 0.2) is 46.9 Å². The van der Waals surface area contributed by atoms with Crippen LogP contribution in [0.1, 0.15) is 36.0 Å². The first-order valence-electron chi connectivity index (χ1n) is 9.66. The van der Waals surface area contributed by atoms with Crippen LogP contribution in [0.5, 0.6) is 0 Å². The first-order chi connectivity index (χ1) is 13.9. The van der Waals surface area contributed by atoms with E-state index in [1.165, 1.54) is 12.3 Å². The van der Waals surface area contributed by atoms with Gasteiger partial charge in [0.2, 0.25) is 5.96 Å². The van der Waals surface area contributed by atoms with Crippen molar-refractivity contribution in [2.24, 2.45) is 4.99 Å². The second kappa shape index (κ2) is 7.57.